The Kier molecular flexibility index (Phi) is 6.53. The Labute approximate surface area is 175 Å². The smallest absolute Gasteiger partial charge is 0.223 e. The van der Waals surface area contributed by atoms with Crippen LogP contribution in [0.4, 0.5) is 0 Å². The molecule has 2 fully saturated rings. The highest BCUT2D eigenvalue weighted by atomic mass is 16.2. The maximum absolute atomic E-state index is 13.1. The molecule has 0 aromatic heterocycles. The second kappa shape index (κ2) is 9.29. The molecule has 0 N–H and O–H groups in total. The molecule has 4 rings (SSSR count). The van der Waals surface area contributed by atoms with E-state index in [1.165, 1.54) is 17.5 Å². The first-order valence-corrected chi connectivity index (χ1v) is 11.5. The molecule has 1 saturated heterocycles. The van der Waals surface area contributed by atoms with Gasteiger partial charge in [0.25, 0.3) is 0 Å². The molecule has 2 heterocycles. The van der Waals surface area contributed by atoms with Gasteiger partial charge in [-0.15, -0.1) is 0 Å². The van der Waals surface area contributed by atoms with Gasteiger partial charge in [-0.1, -0.05) is 31.2 Å². The fourth-order valence-electron chi connectivity index (χ4n) is 5.01. The van der Waals surface area contributed by atoms with Gasteiger partial charge in [-0.25, -0.2) is 0 Å². The molecule has 0 radical (unpaired) electrons. The van der Waals surface area contributed by atoms with Crippen LogP contribution in [0.2, 0.25) is 0 Å². The van der Waals surface area contributed by atoms with Crippen LogP contribution in [0.1, 0.15) is 63.0 Å². The lowest BCUT2D eigenvalue weighted by molar-refractivity contribution is -0.139. The Hall–Kier alpha value is -1.88. The fraction of sp³-hybridized carbons (Fsp3) is 0.667. The van der Waals surface area contributed by atoms with E-state index in [-0.39, 0.29) is 11.8 Å². The Bertz CT molecular complexity index is 723. The summed E-state index contributed by atoms with van der Waals surface area (Å²) in [6.45, 7) is 7.04. The van der Waals surface area contributed by atoms with Crippen molar-refractivity contribution in [1.29, 1.82) is 0 Å². The molecule has 0 bridgehead atoms. The third-order valence-corrected chi connectivity index (χ3v) is 6.75. The molecular formula is C24H35N3O2. The van der Waals surface area contributed by atoms with E-state index in [0.29, 0.717) is 31.5 Å². The summed E-state index contributed by atoms with van der Waals surface area (Å²) in [5, 5.41) is 0. The van der Waals surface area contributed by atoms with E-state index in [1.807, 2.05) is 11.0 Å². The number of carbonyl (C=O) groups is 2. The van der Waals surface area contributed by atoms with Crippen molar-refractivity contribution in [2.24, 2.45) is 0 Å². The predicted molar refractivity (Wildman–Crippen MR) is 114 cm³/mol. The Morgan fingerprint density at radius 1 is 0.966 bits per heavy atom. The van der Waals surface area contributed by atoms with Gasteiger partial charge in [0.05, 0.1) is 0 Å². The average molecular weight is 398 g/mol. The molecule has 2 amide bonds. The minimum absolute atomic E-state index is 0.126. The van der Waals surface area contributed by atoms with Crippen molar-refractivity contribution < 1.29 is 9.59 Å². The molecule has 2 aliphatic heterocycles. The van der Waals surface area contributed by atoms with Gasteiger partial charge >= 0.3 is 0 Å². The first-order chi connectivity index (χ1) is 14.2. The standard InChI is InChI=1S/C24H35N3O2/c1-2-14-25-15-12-22(13-16-25)27(21-7-8-21)24(29)10-9-23(28)26-17-11-19-5-3-4-6-20(19)18-26/h3-6,21-22H,2,7-18H2,1H3. The summed E-state index contributed by atoms with van der Waals surface area (Å²) in [4.78, 5) is 32.4. The quantitative estimate of drug-likeness (QED) is 0.710. The normalized spacial score (nSPS) is 20.4. The van der Waals surface area contributed by atoms with Crippen molar-refractivity contribution in [3.8, 4) is 0 Å². The number of amides is 2. The molecule has 0 unspecified atom stereocenters. The van der Waals surface area contributed by atoms with Gasteiger partial charge in [0, 0.05) is 51.1 Å². The van der Waals surface area contributed by atoms with Crippen molar-refractivity contribution >= 4 is 11.8 Å². The molecule has 3 aliphatic rings. The third kappa shape index (κ3) is 5.00. The maximum Gasteiger partial charge on any atom is 0.223 e. The number of piperidine rings is 1. The fourth-order valence-corrected chi connectivity index (χ4v) is 5.01. The van der Waals surface area contributed by atoms with Gasteiger partial charge in [0.1, 0.15) is 0 Å². The number of nitrogens with zero attached hydrogens (tertiary/aromatic N) is 3. The zero-order valence-corrected chi connectivity index (χ0v) is 17.8. The number of carbonyl (C=O) groups excluding carboxylic acids is 2. The summed E-state index contributed by atoms with van der Waals surface area (Å²) in [5.74, 6) is 0.327. The van der Waals surface area contributed by atoms with E-state index in [2.05, 4.69) is 34.9 Å². The van der Waals surface area contributed by atoms with Gasteiger partial charge in [-0.3, -0.25) is 9.59 Å². The van der Waals surface area contributed by atoms with E-state index < -0.39 is 0 Å². The molecular weight excluding hydrogens is 362 g/mol. The summed E-state index contributed by atoms with van der Waals surface area (Å²) in [7, 11) is 0. The topological polar surface area (TPSA) is 43.9 Å². The van der Waals surface area contributed by atoms with Crippen LogP contribution in [-0.2, 0) is 22.6 Å². The highest BCUT2D eigenvalue weighted by Gasteiger charge is 2.38. The third-order valence-electron chi connectivity index (χ3n) is 6.75. The number of rotatable bonds is 7. The molecule has 5 heteroatoms. The van der Waals surface area contributed by atoms with Crippen molar-refractivity contribution in [2.45, 2.75) is 76.9 Å². The van der Waals surface area contributed by atoms with Crippen LogP contribution in [0.3, 0.4) is 0 Å². The molecule has 0 spiro atoms. The minimum atomic E-state index is 0.126. The lowest BCUT2D eigenvalue weighted by Gasteiger charge is -2.39. The number of fused-ring (bicyclic) bond motifs is 1. The van der Waals surface area contributed by atoms with Crippen LogP contribution in [0.25, 0.3) is 0 Å². The molecule has 29 heavy (non-hydrogen) atoms. The van der Waals surface area contributed by atoms with Crippen molar-refractivity contribution in [3.05, 3.63) is 35.4 Å². The number of hydrogen-bond acceptors (Lipinski definition) is 3. The van der Waals surface area contributed by atoms with Crippen LogP contribution in [-0.4, -0.2) is 64.8 Å². The zero-order valence-electron chi connectivity index (χ0n) is 17.8. The highest BCUT2D eigenvalue weighted by molar-refractivity contribution is 5.84. The molecule has 1 aromatic carbocycles. The molecule has 0 atom stereocenters. The molecule has 5 nitrogen and oxygen atoms in total. The summed E-state index contributed by atoms with van der Waals surface area (Å²) < 4.78 is 0. The van der Waals surface area contributed by atoms with E-state index in [1.54, 1.807) is 0 Å². The monoisotopic (exact) mass is 397 g/mol. The minimum Gasteiger partial charge on any atom is -0.338 e. The summed E-state index contributed by atoms with van der Waals surface area (Å²) in [5.41, 5.74) is 2.60. The molecule has 1 aromatic rings. The molecule has 1 saturated carbocycles. The first-order valence-electron chi connectivity index (χ1n) is 11.5. The zero-order chi connectivity index (χ0) is 20.2. The van der Waals surface area contributed by atoms with E-state index >= 15 is 0 Å². The second-order valence-corrected chi connectivity index (χ2v) is 8.94. The summed E-state index contributed by atoms with van der Waals surface area (Å²) >= 11 is 0. The van der Waals surface area contributed by atoms with Crippen LogP contribution >= 0.6 is 0 Å². The Balaban J connectivity index is 1.28. The first kappa shape index (κ1) is 20.4. The SMILES string of the molecule is CCCN1CCC(N(C(=O)CCC(=O)N2CCc3ccccc3C2)C2CC2)CC1. The van der Waals surface area contributed by atoms with Gasteiger partial charge in [0.15, 0.2) is 0 Å². The van der Waals surface area contributed by atoms with Crippen LogP contribution in [0, 0.1) is 0 Å². The highest BCUT2D eigenvalue weighted by Crippen LogP contribution is 2.33. The lowest BCUT2D eigenvalue weighted by atomic mass is 9.99. The van der Waals surface area contributed by atoms with E-state index in [4.69, 9.17) is 0 Å². The van der Waals surface area contributed by atoms with Crippen LogP contribution in [0.15, 0.2) is 24.3 Å². The van der Waals surface area contributed by atoms with Crippen molar-refractivity contribution in [1.82, 2.24) is 14.7 Å². The number of hydrogen-bond donors (Lipinski definition) is 0. The van der Waals surface area contributed by atoms with Gasteiger partial charge in [0.2, 0.25) is 11.8 Å². The van der Waals surface area contributed by atoms with Crippen molar-refractivity contribution in [2.75, 3.05) is 26.2 Å². The molecule has 158 valence electrons. The average Bonchev–Trinajstić information content (AvgIpc) is 3.58. The van der Waals surface area contributed by atoms with Crippen molar-refractivity contribution in [3.63, 3.8) is 0 Å². The van der Waals surface area contributed by atoms with Crippen LogP contribution in [0.5, 0.6) is 0 Å². The Morgan fingerprint density at radius 2 is 1.66 bits per heavy atom. The maximum atomic E-state index is 13.1. The Morgan fingerprint density at radius 3 is 2.34 bits per heavy atom. The van der Waals surface area contributed by atoms with Gasteiger partial charge in [-0.05, 0) is 56.2 Å². The summed E-state index contributed by atoms with van der Waals surface area (Å²) in [6.07, 6.45) is 7.26. The van der Waals surface area contributed by atoms with E-state index in [0.717, 1.165) is 58.3 Å². The largest absolute Gasteiger partial charge is 0.338 e. The van der Waals surface area contributed by atoms with Gasteiger partial charge < -0.3 is 14.7 Å². The number of likely N-dealkylation sites (tertiary alicyclic amines) is 1. The van der Waals surface area contributed by atoms with Crippen LogP contribution < -0.4 is 0 Å². The predicted octanol–water partition coefficient (Wildman–Crippen LogP) is 3.22. The summed E-state index contributed by atoms with van der Waals surface area (Å²) in [6, 6.07) is 9.17. The lowest BCUT2D eigenvalue weighted by Crippen LogP contribution is -2.48. The van der Waals surface area contributed by atoms with Gasteiger partial charge in [-0.2, -0.15) is 0 Å². The second-order valence-electron chi connectivity index (χ2n) is 8.94. The molecule has 1 aliphatic carbocycles. The number of benzene rings is 1. The van der Waals surface area contributed by atoms with E-state index in [9.17, 15) is 9.59 Å².